The van der Waals surface area contributed by atoms with E-state index in [1.807, 2.05) is 12.1 Å². The van der Waals surface area contributed by atoms with Gasteiger partial charge in [-0.3, -0.25) is 4.79 Å². The molecule has 2 atom stereocenters. The monoisotopic (exact) mass is 258 g/mol. The lowest BCUT2D eigenvalue weighted by Gasteiger charge is -2.19. The van der Waals surface area contributed by atoms with Gasteiger partial charge in [-0.15, -0.1) is 0 Å². The first kappa shape index (κ1) is 12.9. The van der Waals surface area contributed by atoms with Gasteiger partial charge in [-0.1, -0.05) is 24.3 Å². The summed E-state index contributed by atoms with van der Waals surface area (Å²) in [6, 6.07) is 6.35. The third-order valence-electron chi connectivity index (χ3n) is 2.95. The summed E-state index contributed by atoms with van der Waals surface area (Å²) in [5.41, 5.74) is 7.63. The van der Waals surface area contributed by atoms with Crippen LogP contribution in [0.3, 0.4) is 0 Å². The van der Waals surface area contributed by atoms with Gasteiger partial charge in [-0.05, 0) is 17.5 Å². The normalized spacial score (nSPS) is 22.7. The molecule has 3 nitrogen and oxygen atoms in total. The molecule has 6 heteroatoms. The van der Waals surface area contributed by atoms with Crippen molar-refractivity contribution in [2.75, 3.05) is 0 Å². The van der Waals surface area contributed by atoms with E-state index in [1.54, 1.807) is 12.1 Å². The molecule has 0 saturated heterocycles. The summed E-state index contributed by atoms with van der Waals surface area (Å²) in [5.74, 6) is -1.04. The van der Waals surface area contributed by atoms with E-state index < -0.39 is 24.5 Å². The van der Waals surface area contributed by atoms with Crippen molar-refractivity contribution in [3.05, 3.63) is 35.4 Å². The van der Waals surface area contributed by atoms with Crippen molar-refractivity contribution in [2.45, 2.75) is 31.1 Å². The van der Waals surface area contributed by atoms with Gasteiger partial charge < -0.3 is 11.1 Å². The van der Waals surface area contributed by atoms with Crippen LogP contribution in [0.4, 0.5) is 13.2 Å². The Morgan fingerprint density at radius 3 is 2.72 bits per heavy atom. The maximum absolute atomic E-state index is 12.1. The third-order valence-corrected chi connectivity index (χ3v) is 2.95. The molecule has 2 rings (SSSR count). The van der Waals surface area contributed by atoms with E-state index in [9.17, 15) is 18.0 Å². The van der Waals surface area contributed by atoms with E-state index in [4.69, 9.17) is 5.73 Å². The molecule has 0 heterocycles. The molecule has 0 fully saturated rings. The van der Waals surface area contributed by atoms with Gasteiger partial charge in [0.15, 0.2) is 0 Å². The number of fused-ring (bicyclic) bond motifs is 1. The molecule has 0 aliphatic heterocycles. The molecule has 1 aliphatic carbocycles. The topological polar surface area (TPSA) is 55.1 Å². The Morgan fingerprint density at radius 1 is 1.39 bits per heavy atom. The molecule has 1 aromatic rings. The third kappa shape index (κ3) is 2.81. The molecular formula is C12H13F3N2O. The van der Waals surface area contributed by atoms with Crippen LogP contribution in [0, 0.1) is 0 Å². The first-order valence-electron chi connectivity index (χ1n) is 5.56. The fourth-order valence-corrected chi connectivity index (χ4v) is 2.22. The van der Waals surface area contributed by atoms with Crippen molar-refractivity contribution < 1.29 is 18.0 Å². The highest BCUT2D eigenvalue weighted by molar-refractivity contribution is 5.77. The molecule has 0 saturated carbocycles. The number of halogens is 3. The Labute approximate surface area is 102 Å². The van der Waals surface area contributed by atoms with Crippen molar-refractivity contribution >= 4 is 5.91 Å². The van der Waals surface area contributed by atoms with Crippen molar-refractivity contribution in [3.8, 4) is 0 Å². The fraction of sp³-hybridized carbons (Fsp3) is 0.417. The van der Waals surface area contributed by atoms with E-state index in [2.05, 4.69) is 5.32 Å². The van der Waals surface area contributed by atoms with Crippen LogP contribution >= 0.6 is 0 Å². The van der Waals surface area contributed by atoms with Crippen LogP contribution in [0.5, 0.6) is 0 Å². The molecule has 0 bridgehead atoms. The van der Waals surface area contributed by atoms with E-state index in [0.717, 1.165) is 11.1 Å². The summed E-state index contributed by atoms with van der Waals surface area (Å²) in [7, 11) is 0. The number of rotatable bonds is 2. The van der Waals surface area contributed by atoms with Crippen LogP contribution < -0.4 is 11.1 Å². The van der Waals surface area contributed by atoms with Gasteiger partial charge >= 0.3 is 6.18 Å². The van der Waals surface area contributed by atoms with Gasteiger partial charge in [0.2, 0.25) is 5.91 Å². The number of carbonyl (C=O) groups excluding carboxylic acids is 1. The first-order valence-corrected chi connectivity index (χ1v) is 5.56. The predicted molar refractivity (Wildman–Crippen MR) is 59.7 cm³/mol. The number of alkyl halides is 3. The van der Waals surface area contributed by atoms with Crippen LogP contribution in [-0.4, -0.2) is 18.1 Å². The maximum atomic E-state index is 12.1. The molecule has 0 radical (unpaired) electrons. The summed E-state index contributed by atoms with van der Waals surface area (Å²) in [4.78, 5) is 11.3. The Hall–Kier alpha value is -1.56. The van der Waals surface area contributed by atoms with Gasteiger partial charge in [0.25, 0.3) is 0 Å². The minimum Gasteiger partial charge on any atom is -0.347 e. The van der Waals surface area contributed by atoms with E-state index in [-0.39, 0.29) is 6.04 Å². The second kappa shape index (κ2) is 4.61. The lowest BCUT2D eigenvalue weighted by Crippen LogP contribution is -2.39. The van der Waals surface area contributed by atoms with Crippen molar-refractivity contribution in [1.29, 1.82) is 0 Å². The second-order valence-electron chi connectivity index (χ2n) is 4.40. The average molecular weight is 258 g/mol. The van der Waals surface area contributed by atoms with Gasteiger partial charge in [0.1, 0.15) is 6.42 Å². The Bertz CT molecular complexity index is 459. The van der Waals surface area contributed by atoms with E-state index in [1.165, 1.54) is 0 Å². The number of hydrogen-bond donors (Lipinski definition) is 2. The molecule has 1 aliphatic rings. The highest BCUT2D eigenvalue weighted by Gasteiger charge is 2.35. The van der Waals surface area contributed by atoms with Crippen LogP contribution in [-0.2, 0) is 11.2 Å². The standard InChI is InChI=1S/C12H13F3N2O/c13-12(14,15)6-10(18)17-11-8-4-2-1-3-7(8)5-9(11)16/h1-4,9,11H,5-6,16H2,(H,17,18). The second-order valence-corrected chi connectivity index (χ2v) is 4.40. The lowest BCUT2D eigenvalue weighted by atomic mass is 10.1. The van der Waals surface area contributed by atoms with Gasteiger partial charge in [0, 0.05) is 6.04 Å². The zero-order chi connectivity index (χ0) is 13.3. The van der Waals surface area contributed by atoms with Crippen LogP contribution in [0.25, 0.3) is 0 Å². The van der Waals surface area contributed by atoms with Gasteiger partial charge in [-0.25, -0.2) is 0 Å². The van der Waals surface area contributed by atoms with Crippen LogP contribution in [0.15, 0.2) is 24.3 Å². The summed E-state index contributed by atoms with van der Waals surface area (Å²) in [6.07, 6.45) is -5.40. The quantitative estimate of drug-likeness (QED) is 0.848. The number of nitrogens with one attached hydrogen (secondary N) is 1. The van der Waals surface area contributed by atoms with Gasteiger partial charge in [-0.2, -0.15) is 13.2 Å². The zero-order valence-corrected chi connectivity index (χ0v) is 9.50. The zero-order valence-electron chi connectivity index (χ0n) is 9.50. The molecule has 2 unspecified atom stereocenters. The Kier molecular flexibility index (Phi) is 3.30. The van der Waals surface area contributed by atoms with Crippen molar-refractivity contribution in [1.82, 2.24) is 5.32 Å². The number of nitrogens with two attached hydrogens (primary N) is 1. The number of carbonyl (C=O) groups is 1. The molecule has 1 aromatic carbocycles. The van der Waals surface area contributed by atoms with Crippen LogP contribution in [0.2, 0.25) is 0 Å². The first-order chi connectivity index (χ1) is 8.37. The molecular weight excluding hydrogens is 245 g/mol. The Morgan fingerprint density at radius 2 is 2.06 bits per heavy atom. The van der Waals surface area contributed by atoms with Gasteiger partial charge in [0.05, 0.1) is 6.04 Å². The molecule has 0 spiro atoms. The van der Waals surface area contributed by atoms with Crippen molar-refractivity contribution in [2.24, 2.45) is 5.73 Å². The summed E-state index contributed by atoms with van der Waals surface area (Å²) in [5, 5.41) is 2.36. The minimum atomic E-state index is -4.49. The van der Waals surface area contributed by atoms with Crippen LogP contribution in [0.1, 0.15) is 23.6 Å². The average Bonchev–Trinajstić information content (AvgIpc) is 2.53. The van der Waals surface area contributed by atoms with E-state index in [0.29, 0.717) is 6.42 Å². The smallest absolute Gasteiger partial charge is 0.347 e. The lowest BCUT2D eigenvalue weighted by molar-refractivity contribution is -0.154. The maximum Gasteiger partial charge on any atom is 0.397 e. The minimum absolute atomic E-state index is 0.375. The summed E-state index contributed by atoms with van der Waals surface area (Å²) >= 11 is 0. The largest absolute Gasteiger partial charge is 0.397 e. The highest BCUT2D eigenvalue weighted by Crippen LogP contribution is 2.30. The molecule has 0 aromatic heterocycles. The van der Waals surface area contributed by atoms with E-state index >= 15 is 0 Å². The molecule has 3 N–H and O–H groups in total. The molecule has 18 heavy (non-hydrogen) atoms. The Balaban J connectivity index is 2.08. The summed E-state index contributed by atoms with van der Waals surface area (Å²) < 4.78 is 36.2. The number of benzene rings is 1. The highest BCUT2D eigenvalue weighted by atomic mass is 19.4. The number of amides is 1. The van der Waals surface area contributed by atoms with Crippen molar-refractivity contribution in [3.63, 3.8) is 0 Å². The molecule has 98 valence electrons. The predicted octanol–water partition coefficient (Wildman–Crippen LogP) is 1.68. The SMILES string of the molecule is NC1Cc2ccccc2C1NC(=O)CC(F)(F)F. The fourth-order valence-electron chi connectivity index (χ4n) is 2.22. The number of hydrogen-bond acceptors (Lipinski definition) is 2. The molecule has 1 amide bonds. The summed E-state index contributed by atoms with van der Waals surface area (Å²) in [6.45, 7) is 0.